The summed E-state index contributed by atoms with van der Waals surface area (Å²) in [5, 5.41) is 3.19. The Morgan fingerprint density at radius 2 is 2.36 bits per heavy atom. The van der Waals surface area contributed by atoms with Crippen molar-refractivity contribution in [3.63, 3.8) is 0 Å². The Bertz CT molecular complexity index is 104. The highest BCUT2D eigenvalue weighted by Gasteiger charge is 2.18. The van der Waals surface area contributed by atoms with Crippen LogP contribution in [0.3, 0.4) is 0 Å². The first-order valence-corrected chi connectivity index (χ1v) is 4.66. The van der Waals surface area contributed by atoms with Crippen molar-refractivity contribution in [2.75, 3.05) is 33.7 Å². The van der Waals surface area contributed by atoms with Crippen LogP contribution in [0.1, 0.15) is 19.3 Å². The van der Waals surface area contributed by atoms with Gasteiger partial charge < -0.3 is 10.2 Å². The van der Waals surface area contributed by atoms with Crippen LogP contribution in [0.2, 0.25) is 0 Å². The van der Waals surface area contributed by atoms with E-state index in [4.69, 9.17) is 0 Å². The highest BCUT2D eigenvalue weighted by Crippen LogP contribution is 2.18. The summed E-state index contributed by atoms with van der Waals surface area (Å²) < 4.78 is 0. The number of nitrogens with one attached hydrogen (secondary N) is 1. The van der Waals surface area contributed by atoms with Gasteiger partial charge >= 0.3 is 0 Å². The first-order valence-electron chi connectivity index (χ1n) is 4.66. The first kappa shape index (κ1) is 9.01. The number of hydrogen-bond acceptors (Lipinski definition) is 2. The molecule has 1 saturated heterocycles. The van der Waals surface area contributed by atoms with Crippen LogP contribution < -0.4 is 5.32 Å². The van der Waals surface area contributed by atoms with Gasteiger partial charge in [-0.1, -0.05) is 0 Å². The molecule has 0 saturated carbocycles. The van der Waals surface area contributed by atoms with Crippen LogP contribution in [-0.4, -0.2) is 38.6 Å². The lowest BCUT2D eigenvalue weighted by Gasteiger charge is -2.09. The van der Waals surface area contributed by atoms with Crippen molar-refractivity contribution in [3.8, 4) is 0 Å². The van der Waals surface area contributed by atoms with Crippen LogP contribution in [0.5, 0.6) is 0 Å². The van der Waals surface area contributed by atoms with Gasteiger partial charge in [0.15, 0.2) is 0 Å². The number of hydrogen-bond donors (Lipinski definition) is 1. The highest BCUT2D eigenvalue weighted by molar-refractivity contribution is 4.72. The largest absolute Gasteiger partial charge is 0.320 e. The van der Waals surface area contributed by atoms with Crippen molar-refractivity contribution in [2.45, 2.75) is 19.3 Å². The minimum atomic E-state index is 0.980. The minimum absolute atomic E-state index is 0.980. The van der Waals surface area contributed by atoms with E-state index in [0.29, 0.717) is 0 Å². The number of likely N-dealkylation sites (tertiary alicyclic amines) is 1. The zero-order valence-electron chi connectivity index (χ0n) is 7.77. The lowest BCUT2D eigenvalue weighted by Crippen LogP contribution is -2.15. The molecule has 0 aromatic heterocycles. The fourth-order valence-electron chi connectivity index (χ4n) is 1.83. The third-order valence-corrected chi connectivity index (χ3v) is 2.53. The molecule has 0 radical (unpaired) electrons. The van der Waals surface area contributed by atoms with Crippen molar-refractivity contribution in [1.82, 2.24) is 10.2 Å². The Hall–Kier alpha value is -0.0800. The fraction of sp³-hybridized carbons (Fsp3) is 1.00. The van der Waals surface area contributed by atoms with Crippen LogP contribution in [-0.2, 0) is 0 Å². The van der Waals surface area contributed by atoms with Gasteiger partial charge in [-0.2, -0.15) is 0 Å². The second-order valence-corrected chi connectivity index (χ2v) is 3.66. The molecular formula is C9H20N2. The molecule has 0 bridgehead atoms. The van der Waals surface area contributed by atoms with Gasteiger partial charge in [0.05, 0.1) is 0 Å². The lowest BCUT2D eigenvalue weighted by molar-refractivity contribution is 0.384. The van der Waals surface area contributed by atoms with Gasteiger partial charge in [0.25, 0.3) is 0 Å². The first-order chi connectivity index (χ1) is 5.33. The topological polar surface area (TPSA) is 15.3 Å². The third-order valence-electron chi connectivity index (χ3n) is 2.53. The van der Waals surface area contributed by atoms with Crippen LogP contribution in [0.4, 0.5) is 0 Å². The summed E-state index contributed by atoms with van der Waals surface area (Å²) in [6.07, 6.45) is 4.17. The normalized spacial score (nSPS) is 26.2. The zero-order chi connectivity index (χ0) is 8.10. The molecule has 1 aliphatic heterocycles. The Balaban J connectivity index is 1.99. The molecule has 0 spiro atoms. The average Bonchev–Trinajstić information content (AvgIpc) is 2.37. The van der Waals surface area contributed by atoms with Gasteiger partial charge in [0.2, 0.25) is 0 Å². The minimum Gasteiger partial charge on any atom is -0.320 e. The monoisotopic (exact) mass is 156 g/mol. The average molecular weight is 156 g/mol. The van der Waals surface area contributed by atoms with Crippen molar-refractivity contribution in [1.29, 1.82) is 0 Å². The van der Waals surface area contributed by atoms with E-state index in [-0.39, 0.29) is 0 Å². The lowest BCUT2D eigenvalue weighted by atomic mass is 10.0. The van der Waals surface area contributed by atoms with Gasteiger partial charge in [-0.3, -0.25) is 0 Å². The predicted octanol–water partition coefficient (Wildman–Crippen LogP) is 0.938. The van der Waals surface area contributed by atoms with E-state index in [1.165, 1.54) is 38.9 Å². The molecule has 11 heavy (non-hydrogen) atoms. The number of rotatable bonds is 4. The van der Waals surface area contributed by atoms with Crippen molar-refractivity contribution >= 4 is 0 Å². The summed E-state index contributed by atoms with van der Waals surface area (Å²) >= 11 is 0. The van der Waals surface area contributed by atoms with E-state index < -0.39 is 0 Å². The van der Waals surface area contributed by atoms with Crippen molar-refractivity contribution in [3.05, 3.63) is 0 Å². The molecule has 1 rings (SSSR count). The Labute approximate surface area is 70.0 Å². The van der Waals surface area contributed by atoms with Crippen molar-refractivity contribution in [2.24, 2.45) is 5.92 Å². The van der Waals surface area contributed by atoms with Crippen LogP contribution in [0.25, 0.3) is 0 Å². The molecule has 1 aliphatic rings. The second kappa shape index (κ2) is 4.73. The summed E-state index contributed by atoms with van der Waals surface area (Å²) in [5.74, 6) is 0.980. The summed E-state index contributed by atoms with van der Waals surface area (Å²) in [5.41, 5.74) is 0. The van der Waals surface area contributed by atoms with Gasteiger partial charge in [0, 0.05) is 6.54 Å². The molecule has 66 valence electrons. The zero-order valence-corrected chi connectivity index (χ0v) is 7.77. The van der Waals surface area contributed by atoms with Gasteiger partial charge in [0.1, 0.15) is 0 Å². The van der Waals surface area contributed by atoms with E-state index in [9.17, 15) is 0 Å². The van der Waals surface area contributed by atoms with E-state index in [2.05, 4.69) is 17.3 Å². The van der Waals surface area contributed by atoms with E-state index in [0.717, 1.165) is 5.92 Å². The molecule has 0 amide bonds. The number of nitrogens with zero attached hydrogens (tertiary/aromatic N) is 1. The smallest absolute Gasteiger partial charge is 0.000709 e. The van der Waals surface area contributed by atoms with E-state index >= 15 is 0 Å². The molecule has 2 nitrogen and oxygen atoms in total. The molecule has 1 heterocycles. The van der Waals surface area contributed by atoms with Crippen LogP contribution in [0, 0.1) is 5.92 Å². The molecule has 1 atom stereocenters. The van der Waals surface area contributed by atoms with E-state index in [1.807, 2.05) is 7.05 Å². The summed E-state index contributed by atoms with van der Waals surface area (Å²) in [6, 6.07) is 0. The Morgan fingerprint density at radius 3 is 2.91 bits per heavy atom. The summed E-state index contributed by atoms with van der Waals surface area (Å²) in [6.45, 7) is 3.81. The summed E-state index contributed by atoms with van der Waals surface area (Å²) in [4.78, 5) is 2.43. The molecule has 1 fully saturated rings. The van der Waals surface area contributed by atoms with Crippen LogP contribution in [0.15, 0.2) is 0 Å². The SMILES string of the molecule is CNCCCC1CCN(C)C1. The Morgan fingerprint density at radius 1 is 1.55 bits per heavy atom. The predicted molar refractivity (Wildman–Crippen MR) is 48.8 cm³/mol. The highest BCUT2D eigenvalue weighted by atomic mass is 15.1. The maximum atomic E-state index is 3.19. The van der Waals surface area contributed by atoms with Crippen molar-refractivity contribution < 1.29 is 0 Å². The van der Waals surface area contributed by atoms with Crippen LogP contribution >= 0.6 is 0 Å². The molecule has 0 aliphatic carbocycles. The quantitative estimate of drug-likeness (QED) is 0.609. The molecule has 1 N–H and O–H groups in total. The molecule has 1 unspecified atom stereocenters. The second-order valence-electron chi connectivity index (χ2n) is 3.66. The van der Waals surface area contributed by atoms with Gasteiger partial charge in [-0.05, 0) is 52.4 Å². The molecule has 0 aromatic carbocycles. The van der Waals surface area contributed by atoms with Gasteiger partial charge in [-0.25, -0.2) is 0 Å². The molecule has 0 aromatic rings. The fourth-order valence-corrected chi connectivity index (χ4v) is 1.83. The van der Waals surface area contributed by atoms with E-state index in [1.54, 1.807) is 0 Å². The maximum absolute atomic E-state index is 3.19. The maximum Gasteiger partial charge on any atom is 0.000709 e. The Kier molecular flexibility index (Phi) is 3.87. The summed E-state index contributed by atoms with van der Waals surface area (Å²) in [7, 11) is 4.25. The molecule has 2 heteroatoms. The van der Waals surface area contributed by atoms with Gasteiger partial charge in [-0.15, -0.1) is 0 Å². The molecular weight excluding hydrogens is 136 g/mol. The third kappa shape index (κ3) is 3.21. The standard InChI is InChI=1S/C9H20N2/c1-10-6-3-4-9-5-7-11(2)8-9/h9-10H,3-8H2,1-2H3.